The topological polar surface area (TPSA) is 92.4 Å². The van der Waals surface area contributed by atoms with Gasteiger partial charge < -0.3 is 16.2 Å². The molecule has 0 aliphatic rings. The standard InChI is InChI=1S/C12H16N2O3/c1-8(15)11(12(13)17)14-10(16)7-9-5-3-2-4-6-9/h2-6,8,11,15H,7H2,1H3,(H2,13,17)(H,14,16)/t8-,11+/m1/s1. The fraction of sp³-hybridized carbons (Fsp3) is 0.333. The Morgan fingerprint density at radius 3 is 2.41 bits per heavy atom. The van der Waals surface area contributed by atoms with Gasteiger partial charge in [0.05, 0.1) is 12.5 Å². The molecule has 0 radical (unpaired) electrons. The molecule has 1 rings (SSSR count). The van der Waals surface area contributed by atoms with E-state index in [1.54, 1.807) is 12.1 Å². The molecule has 5 heteroatoms. The lowest BCUT2D eigenvalue weighted by atomic mass is 10.1. The summed E-state index contributed by atoms with van der Waals surface area (Å²) in [5.74, 6) is -1.10. The quantitative estimate of drug-likeness (QED) is 0.648. The molecule has 1 aromatic rings. The van der Waals surface area contributed by atoms with E-state index in [1.807, 2.05) is 18.2 Å². The lowest BCUT2D eigenvalue weighted by Gasteiger charge is -2.17. The fourth-order valence-corrected chi connectivity index (χ4v) is 1.44. The summed E-state index contributed by atoms with van der Waals surface area (Å²) in [6.07, 6.45) is -0.857. The predicted octanol–water partition coefficient (Wildman–Crippen LogP) is -0.420. The molecule has 0 unspecified atom stereocenters. The van der Waals surface area contributed by atoms with E-state index in [4.69, 9.17) is 5.73 Å². The summed E-state index contributed by atoms with van der Waals surface area (Å²) in [7, 11) is 0. The number of aliphatic hydroxyl groups excluding tert-OH is 1. The van der Waals surface area contributed by atoms with Gasteiger partial charge in [-0.2, -0.15) is 0 Å². The largest absolute Gasteiger partial charge is 0.391 e. The fourth-order valence-electron chi connectivity index (χ4n) is 1.44. The van der Waals surface area contributed by atoms with Crippen LogP contribution in [0.5, 0.6) is 0 Å². The second-order valence-electron chi connectivity index (χ2n) is 3.85. The first-order valence-corrected chi connectivity index (χ1v) is 5.31. The Bertz CT molecular complexity index is 390. The van der Waals surface area contributed by atoms with Crippen molar-refractivity contribution >= 4 is 11.8 Å². The van der Waals surface area contributed by atoms with Crippen LogP contribution in [0.2, 0.25) is 0 Å². The lowest BCUT2D eigenvalue weighted by molar-refractivity contribution is -0.129. The van der Waals surface area contributed by atoms with E-state index in [0.29, 0.717) is 0 Å². The maximum atomic E-state index is 11.6. The maximum Gasteiger partial charge on any atom is 0.242 e. The van der Waals surface area contributed by atoms with Crippen LogP contribution in [0.25, 0.3) is 0 Å². The molecule has 0 fully saturated rings. The van der Waals surface area contributed by atoms with Gasteiger partial charge in [-0.1, -0.05) is 30.3 Å². The number of rotatable bonds is 5. The smallest absolute Gasteiger partial charge is 0.242 e. The van der Waals surface area contributed by atoms with Gasteiger partial charge in [0.2, 0.25) is 11.8 Å². The van der Waals surface area contributed by atoms with E-state index < -0.39 is 18.1 Å². The molecule has 0 heterocycles. The summed E-state index contributed by atoms with van der Waals surface area (Å²) in [6.45, 7) is 1.40. The zero-order valence-corrected chi connectivity index (χ0v) is 9.59. The average Bonchev–Trinajstić information content (AvgIpc) is 2.26. The van der Waals surface area contributed by atoms with Crippen LogP contribution < -0.4 is 11.1 Å². The van der Waals surface area contributed by atoms with Crippen LogP contribution in [0, 0.1) is 0 Å². The average molecular weight is 236 g/mol. The van der Waals surface area contributed by atoms with Crippen LogP contribution in [0.1, 0.15) is 12.5 Å². The Hall–Kier alpha value is -1.88. The number of benzene rings is 1. The van der Waals surface area contributed by atoms with Crippen molar-refractivity contribution in [2.75, 3.05) is 0 Å². The Kier molecular flexibility index (Phi) is 4.66. The van der Waals surface area contributed by atoms with Crippen molar-refractivity contribution in [3.8, 4) is 0 Å². The molecule has 2 atom stereocenters. The highest BCUT2D eigenvalue weighted by Crippen LogP contribution is 2.00. The summed E-state index contributed by atoms with van der Waals surface area (Å²) >= 11 is 0. The third-order valence-corrected chi connectivity index (χ3v) is 2.31. The molecule has 0 aliphatic heterocycles. The summed E-state index contributed by atoms with van der Waals surface area (Å²) in [5, 5.41) is 11.7. The molecule has 0 saturated carbocycles. The third kappa shape index (κ3) is 4.24. The van der Waals surface area contributed by atoms with Gasteiger partial charge in [0.25, 0.3) is 0 Å². The number of carbonyl (C=O) groups excluding carboxylic acids is 2. The van der Waals surface area contributed by atoms with Crippen molar-refractivity contribution in [3.05, 3.63) is 35.9 Å². The van der Waals surface area contributed by atoms with Crippen molar-refractivity contribution in [2.45, 2.75) is 25.5 Å². The minimum absolute atomic E-state index is 0.150. The van der Waals surface area contributed by atoms with Gasteiger partial charge in [0, 0.05) is 0 Å². The molecule has 5 nitrogen and oxygen atoms in total. The zero-order chi connectivity index (χ0) is 12.8. The van der Waals surface area contributed by atoms with E-state index in [-0.39, 0.29) is 12.3 Å². The van der Waals surface area contributed by atoms with Crippen LogP contribution in [0.15, 0.2) is 30.3 Å². The first-order valence-electron chi connectivity index (χ1n) is 5.31. The molecule has 17 heavy (non-hydrogen) atoms. The molecule has 2 amide bonds. The second kappa shape index (κ2) is 6.00. The van der Waals surface area contributed by atoms with E-state index in [0.717, 1.165) is 5.56 Å². The molecule has 4 N–H and O–H groups in total. The summed E-state index contributed by atoms with van der Waals surface area (Å²) in [5.41, 5.74) is 5.90. The van der Waals surface area contributed by atoms with Gasteiger partial charge >= 0.3 is 0 Å². The van der Waals surface area contributed by atoms with Gasteiger partial charge in [-0.3, -0.25) is 9.59 Å². The molecule has 0 saturated heterocycles. The van der Waals surface area contributed by atoms with E-state index in [2.05, 4.69) is 5.32 Å². The van der Waals surface area contributed by atoms with Crippen molar-refractivity contribution in [3.63, 3.8) is 0 Å². The van der Waals surface area contributed by atoms with Crippen molar-refractivity contribution in [1.82, 2.24) is 5.32 Å². The van der Waals surface area contributed by atoms with Gasteiger partial charge in [-0.15, -0.1) is 0 Å². The van der Waals surface area contributed by atoms with Gasteiger partial charge in [0.15, 0.2) is 0 Å². The number of aliphatic hydroxyl groups is 1. The Labute approximate surface area is 99.6 Å². The third-order valence-electron chi connectivity index (χ3n) is 2.31. The molecule has 0 bridgehead atoms. The van der Waals surface area contributed by atoms with Crippen LogP contribution >= 0.6 is 0 Å². The van der Waals surface area contributed by atoms with Crippen LogP contribution in [0.3, 0.4) is 0 Å². The number of carbonyl (C=O) groups is 2. The van der Waals surface area contributed by atoms with Crippen LogP contribution in [0.4, 0.5) is 0 Å². The maximum absolute atomic E-state index is 11.6. The van der Waals surface area contributed by atoms with Crippen molar-refractivity contribution in [2.24, 2.45) is 5.73 Å². The first-order chi connectivity index (χ1) is 8.00. The zero-order valence-electron chi connectivity index (χ0n) is 9.59. The predicted molar refractivity (Wildman–Crippen MR) is 63.0 cm³/mol. The summed E-state index contributed by atoms with van der Waals surface area (Å²) in [4.78, 5) is 22.6. The van der Waals surface area contributed by atoms with E-state index in [1.165, 1.54) is 6.92 Å². The molecule has 0 aliphatic carbocycles. The molecule has 92 valence electrons. The number of nitrogens with one attached hydrogen (secondary N) is 1. The number of hydrogen-bond donors (Lipinski definition) is 3. The Morgan fingerprint density at radius 1 is 1.35 bits per heavy atom. The summed E-state index contributed by atoms with van der Waals surface area (Å²) in [6, 6.07) is 8.06. The monoisotopic (exact) mass is 236 g/mol. The van der Waals surface area contributed by atoms with Gasteiger partial charge in [0.1, 0.15) is 6.04 Å². The summed E-state index contributed by atoms with van der Waals surface area (Å²) < 4.78 is 0. The number of primary amides is 1. The van der Waals surface area contributed by atoms with Crippen molar-refractivity contribution < 1.29 is 14.7 Å². The highest BCUT2D eigenvalue weighted by molar-refractivity contribution is 5.87. The highest BCUT2D eigenvalue weighted by Gasteiger charge is 2.22. The number of amides is 2. The molecule has 1 aromatic carbocycles. The van der Waals surface area contributed by atoms with Gasteiger partial charge in [-0.05, 0) is 12.5 Å². The number of nitrogens with two attached hydrogens (primary N) is 1. The van der Waals surface area contributed by atoms with Crippen LogP contribution in [-0.2, 0) is 16.0 Å². The molecular weight excluding hydrogens is 220 g/mol. The minimum atomic E-state index is -1.05. The van der Waals surface area contributed by atoms with Gasteiger partial charge in [-0.25, -0.2) is 0 Å². The molecular formula is C12H16N2O3. The second-order valence-corrected chi connectivity index (χ2v) is 3.85. The minimum Gasteiger partial charge on any atom is -0.391 e. The number of hydrogen-bond acceptors (Lipinski definition) is 3. The Balaban J connectivity index is 2.57. The SMILES string of the molecule is C[C@@H](O)[C@H](NC(=O)Cc1ccccc1)C(N)=O. The first kappa shape index (κ1) is 13.2. The molecule has 0 spiro atoms. The lowest BCUT2D eigenvalue weighted by Crippen LogP contribution is -2.51. The van der Waals surface area contributed by atoms with Crippen LogP contribution in [-0.4, -0.2) is 29.1 Å². The Morgan fingerprint density at radius 2 is 1.94 bits per heavy atom. The highest BCUT2D eigenvalue weighted by atomic mass is 16.3. The normalized spacial score (nSPS) is 13.8. The van der Waals surface area contributed by atoms with E-state index >= 15 is 0 Å². The van der Waals surface area contributed by atoms with Crippen molar-refractivity contribution in [1.29, 1.82) is 0 Å². The molecule has 0 aromatic heterocycles. The van der Waals surface area contributed by atoms with E-state index in [9.17, 15) is 14.7 Å².